The lowest BCUT2D eigenvalue weighted by Gasteiger charge is -2.26. The van der Waals surface area contributed by atoms with Gasteiger partial charge < -0.3 is 10.2 Å². The number of unbranched alkanes of at least 4 members (excludes halogenated alkanes) is 2. The predicted octanol–water partition coefficient (Wildman–Crippen LogP) is 2.75. The topological polar surface area (TPSA) is 33.5 Å². The van der Waals surface area contributed by atoms with E-state index in [4.69, 9.17) is 0 Å². The molecule has 1 unspecified atom stereocenters. The Hall–Kier alpha value is -2.13. The lowest BCUT2D eigenvalue weighted by Crippen LogP contribution is -3.10. The summed E-state index contributed by atoms with van der Waals surface area (Å²) in [5, 5.41) is 3.00. The molecular formula is C22H29N2O+. The van der Waals surface area contributed by atoms with Crippen molar-refractivity contribution in [2.24, 2.45) is 0 Å². The van der Waals surface area contributed by atoms with Gasteiger partial charge in [-0.2, -0.15) is 0 Å². The summed E-state index contributed by atoms with van der Waals surface area (Å²) in [6.45, 7) is 6.23. The fraction of sp³-hybridized carbons (Fsp3) is 0.409. The lowest BCUT2D eigenvalue weighted by molar-refractivity contribution is -0.929. The van der Waals surface area contributed by atoms with Crippen LogP contribution in [0.25, 0.3) is 0 Å². The Labute approximate surface area is 151 Å². The molecule has 2 N–H and O–H groups in total. The molecular weight excluding hydrogens is 308 g/mol. The molecule has 1 heterocycles. The van der Waals surface area contributed by atoms with Gasteiger partial charge in [-0.1, -0.05) is 56.2 Å². The van der Waals surface area contributed by atoms with Gasteiger partial charge in [0.1, 0.15) is 13.1 Å². The zero-order valence-corrected chi connectivity index (χ0v) is 15.2. The Morgan fingerprint density at radius 2 is 1.80 bits per heavy atom. The minimum atomic E-state index is 0.0434. The van der Waals surface area contributed by atoms with Crippen LogP contribution in [-0.4, -0.2) is 19.0 Å². The summed E-state index contributed by atoms with van der Waals surface area (Å²) >= 11 is 0. The minimum absolute atomic E-state index is 0.0434. The van der Waals surface area contributed by atoms with Gasteiger partial charge in [-0.25, -0.2) is 0 Å². The van der Waals surface area contributed by atoms with Crippen molar-refractivity contribution in [3.63, 3.8) is 0 Å². The number of benzene rings is 2. The normalized spacial score (nSPS) is 16.3. The molecule has 0 saturated heterocycles. The van der Waals surface area contributed by atoms with Crippen LogP contribution in [0.3, 0.4) is 0 Å². The van der Waals surface area contributed by atoms with Gasteiger partial charge >= 0.3 is 0 Å². The summed E-state index contributed by atoms with van der Waals surface area (Å²) in [7, 11) is 0. The monoisotopic (exact) mass is 337 g/mol. The van der Waals surface area contributed by atoms with Gasteiger partial charge in [-0.05, 0) is 24.1 Å². The van der Waals surface area contributed by atoms with Crippen molar-refractivity contribution in [3.8, 4) is 0 Å². The van der Waals surface area contributed by atoms with Crippen molar-refractivity contribution in [2.75, 3.05) is 13.1 Å². The molecule has 2 aromatic rings. The van der Waals surface area contributed by atoms with Crippen LogP contribution in [-0.2, 0) is 19.5 Å². The van der Waals surface area contributed by atoms with Crippen molar-refractivity contribution < 1.29 is 9.69 Å². The molecule has 0 spiro atoms. The van der Waals surface area contributed by atoms with E-state index in [1.807, 2.05) is 12.1 Å². The number of carbonyl (C=O) groups excluding carboxylic acids is 1. The minimum Gasteiger partial charge on any atom is -0.352 e. The molecule has 132 valence electrons. The SMILES string of the molecule is CCCCCNC(=O)c1ccc(C[NH+]2CCc3ccccc3C2)cc1. The summed E-state index contributed by atoms with van der Waals surface area (Å²) in [4.78, 5) is 13.7. The van der Waals surface area contributed by atoms with Crippen LogP contribution < -0.4 is 10.2 Å². The van der Waals surface area contributed by atoms with E-state index in [2.05, 4.69) is 48.6 Å². The Kier molecular flexibility index (Phi) is 6.24. The van der Waals surface area contributed by atoms with Crippen molar-refractivity contribution in [2.45, 2.75) is 45.7 Å². The van der Waals surface area contributed by atoms with Gasteiger partial charge in [0.15, 0.2) is 0 Å². The smallest absolute Gasteiger partial charge is 0.251 e. The molecule has 0 bridgehead atoms. The highest BCUT2D eigenvalue weighted by Crippen LogP contribution is 2.11. The first-order valence-corrected chi connectivity index (χ1v) is 9.53. The van der Waals surface area contributed by atoms with Gasteiger partial charge in [-0.15, -0.1) is 0 Å². The molecule has 0 aromatic heterocycles. The molecule has 3 nitrogen and oxygen atoms in total. The zero-order valence-electron chi connectivity index (χ0n) is 15.2. The molecule has 1 aliphatic heterocycles. The third-order valence-electron chi connectivity index (χ3n) is 5.04. The number of nitrogens with one attached hydrogen (secondary N) is 2. The number of fused-ring (bicyclic) bond motifs is 1. The second-order valence-electron chi connectivity index (χ2n) is 7.03. The van der Waals surface area contributed by atoms with Gasteiger partial charge in [0.2, 0.25) is 0 Å². The standard InChI is InChI=1S/C22H28N2O/c1-2-3-6-14-23-22(25)20-11-9-18(10-12-20)16-24-15-13-19-7-4-5-8-21(19)17-24/h4-5,7-12H,2-3,6,13-17H2,1H3,(H,23,25)/p+1. The van der Waals surface area contributed by atoms with E-state index in [0.717, 1.165) is 38.0 Å². The van der Waals surface area contributed by atoms with Crippen LogP contribution in [0.1, 0.15) is 53.2 Å². The number of carbonyl (C=O) groups is 1. The van der Waals surface area contributed by atoms with Crippen LogP contribution >= 0.6 is 0 Å². The first-order chi connectivity index (χ1) is 12.3. The van der Waals surface area contributed by atoms with Crippen molar-refractivity contribution in [1.82, 2.24) is 5.32 Å². The van der Waals surface area contributed by atoms with E-state index in [-0.39, 0.29) is 5.91 Å². The quantitative estimate of drug-likeness (QED) is 0.749. The summed E-state index contributed by atoms with van der Waals surface area (Å²) in [6, 6.07) is 16.9. The van der Waals surface area contributed by atoms with Gasteiger partial charge in [0.05, 0.1) is 6.54 Å². The molecule has 3 rings (SSSR count). The number of hydrogen-bond acceptors (Lipinski definition) is 1. The zero-order chi connectivity index (χ0) is 17.5. The van der Waals surface area contributed by atoms with Gasteiger partial charge in [0.25, 0.3) is 5.91 Å². The maximum Gasteiger partial charge on any atom is 0.251 e. The highest BCUT2D eigenvalue weighted by atomic mass is 16.1. The molecule has 0 saturated carbocycles. The van der Waals surface area contributed by atoms with E-state index in [0.29, 0.717) is 0 Å². The molecule has 0 radical (unpaired) electrons. The Morgan fingerprint density at radius 3 is 2.56 bits per heavy atom. The maximum atomic E-state index is 12.1. The Morgan fingerprint density at radius 1 is 1.04 bits per heavy atom. The van der Waals surface area contributed by atoms with E-state index in [9.17, 15) is 4.79 Å². The molecule has 2 aromatic carbocycles. The van der Waals surface area contributed by atoms with Crippen LogP contribution in [0, 0.1) is 0 Å². The second-order valence-corrected chi connectivity index (χ2v) is 7.03. The number of hydrogen-bond donors (Lipinski definition) is 2. The van der Waals surface area contributed by atoms with Gasteiger partial charge in [0, 0.05) is 29.7 Å². The number of quaternary nitrogens is 1. The first kappa shape index (κ1) is 17.7. The third kappa shape index (κ3) is 4.93. The van der Waals surface area contributed by atoms with Crippen LogP contribution in [0.2, 0.25) is 0 Å². The third-order valence-corrected chi connectivity index (χ3v) is 5.04. The number of amides is 1. The van der Waals surface area contributed by atoms with Crippen LogP contribution in [0.15, 0.2) is 48.5 Å². The second kappa shape index (κ2) is 8.82. The summed E-state index contributed by atoms with van der Waals surface area (Å²) in [6.07, 6.45) is 4.55. The first-order valence-electron chi connectivity index (χ1n) is 9.53. The molecule has 3 heteroatoms. The summed E-state index contributed by atoms with van der Waals surface area (Å²) in [5.74, 6) is 0.0434. The average molecular weight is 337 g/mol. The van der Waals surface area contributed by atoms with Crippen LogP contribution in [0.4, 0.5) is 0 Å². The van der Waals surface area contributed by atoms with E-state index in [1.165, 1.54) is 36.1 Å². The van der Waals surface area contributed by atoms with Crippen molar-refractivity contribution >= 4 is 5.91 Å². The fourth-order valence-corrected chi connectivity index (χ4v) is 3.54. The molecule has 25 heavy (non-hydrogen) atoms. The largest absolute Gasteiger partial charge is 0.352 e. The molecule has 1 amide bonds. The van der Waals surface area contributed by atoms with E-state index >= 15 is 0 Å². The summed E-state index contributed by atoms with van der Waals surface area (Å²) < 4.78 is 0. The number of rotatable bonds is 7. The Balaban J connectivity index is 1.52. The van der Waals surface area contributed by atoms with E-state index in [1.54, 1.807) is 4.90 Å². The highest BCUT2D eigenvalue weighted by Gasteiger charge is 2.19. The fourth-order valence-electron chi connectivity index (χ4n) is 3.54. The summed E-state index contributed by atoms with van der Waals surface area (Å²) in [5.41, 5.74) is 5.05. The maximum absolute atomic E-state index is 12.1. The van der Waals surface area contributed by atoms with Crippen molar-refractivity contribution in [1.29, 1.82) is 0 Å². The molecule has 0 aliphatic carbocycles. The Bertz CT molecular complexity index is 693. The lowest BCUT2D eigenvalue weighted by atomic mass is 9.99. The van der Waals surface area contributed by atoms with Crippen LogP contribution in [0.5, 0.6) is 0 Å². The van der Waals surface area contributed by atoms with Crippen molar-refractivity contribution in [3.05, 3.63) is 70.8 Å². The molecule has 1 aliphatic rings. The molecule has 1 atom stereocenters. The van der Waals surface area contributed by atoms with Gasteiger partial charge in [-0.3, -0.25) is 4.79 Å². The molecule has 0 fully saturated rings. The highest BCUT2D eigenvalue weighted by molar-refractivity contribution is 5.94. The predicted molar refractivity (Wildman–Crippen MR) is 102 cm³/mol. The average Bonchev–Trinajstić information content (AvgIpc) is 2.65. The van der Waals surface area contributed by atoms with E-state index < -0.39 is 0 Å².